The summed E-state index contributed by atoms with van der Waals surface area (Å²) >= 11 is 16.1. The summed E-state index contributed by atoms with van der Waals surface area (Å²) in [7, 11) is 5.15. The zero-order valence-corrected chi connectivity index (χ0v) is 52.7. The van der Waals surface area contributed by atoms with Gasteiger partial charge in [-0.1, -0.05) is 88.7 Å². The maximum atomic E-state index is 10.8. The molecule has 458 valence electrons. The Bertz CT molecular complexity index is 2690. The van der Waals surface area contributed by atoms with Gasteiger partial charge in [0.2, 0.25) is 0 Å². The van der Waals surface area contributed by atoms with Crippen LogP contribution < -0.4 is 4.74 Å². The van der Waals surface area contributed by atoms with Gasteiger partial charge in [0.05, 0.1) is 29.8 Å². The Morgan fingerprint density at radius 2 is 1.18 bits per heavy atom. The van der Waals surface area contributed by atoms with E-state index in [-0.39, 0.29) is 51.8 Å². The van der Waals surface area contributed by atoms with Crippen LogP contribution in [-0.2, 0) is 74.0 Å². The minimum Gasteiger partial charge on any atom is -0.494 e. The van der Waals surface area contributed by atoms with Gasteiger partial charge < -0.3 is 38.5 Å². The van der Waals surface area contributed by atoms with Crippen LogP contribution in [0.25, 0.3) is 22.2 Å². The van der Waals surface area contributed by atoms with Crippen molar-refractivity contribution in [2.75, 3.05) is 31.3 Å². The fourth-order valence-electron chi connectivity index (χ4n) is 8.51. The molecule has 0 saturated heterocycles. The first kappa shape index (κ1) is 71.7. The maximum absolute atomic E-state index is 10.8. The molecule has 1 heterocycles. The number of rotatable bonds is 35. The van der Waals surface area contributed by atoms with Crippen LogP contribution >= 0.6 is 83.6 Å². The number of benzene rings is 4. The van der Waals surface area contributed by atoms with Gasteiger partial charge in [0.25, 0.3) is 0 Å². The van der Waals surface area contributed by atoms with Gasteiger partial charge in [-0.2, -0.15) is 37.9 Å². The van der Waals surface area contributed by atoms with E-state index >= 15 is 0 Å². The Kier molecular flexibility index (Phi) is 34.4. The highest BCUT2D eigenvalue weighted by atomic mass is 33.1. The average Bonchev–Trinajstić information content (AvgIpc) is 3.82. The molecule has 6 atom stereocenters. The summed E-state index contributed by atoms with van der Waals surface area (Å²) in [5, 5.41) is 58.1. The topological polar surface area (TPSA) is 249 Å². The first-order chi connectivity index (χ1) is 39.9. The lowest BCUT2D eigenvalue weighted by Crippen LogP contribution is -2.57. The van der Waals surface area contributed by atoms with E-state index in [0.29, 0.717) is 75.6 Å². The summed E-state index contributed by atoms with van der Waals surface area (Å²) in [6.07, 6.45) is 5.76. The van der Waals surface area contributed by atoms with Crippen molar-refractivity contribution in [3.63, 3.8) is 0 Å². The Morgan fingerprint density at radius 1 is 0.627 bits per heavy atom. The van der Waals surface area contributed by atoms with E-state index in [4.69, 9.17) is 70.9 Å². The van der Waals surface area contributed by atoms with E-state index in [9.17, 15) is 4.79 Å². The molecule has 19 nitrogen and oxygen atoms in total. The number of nitrogens with zero attached hydrogens (tertiary/aromatic N) is 2. The number of thiol groups is 3. The van der Waals surface area contributed by atoms with Crippen LogP contribution in [0.4, 0.5) is 0 Å². The number of ether oxygens (including phenoxy) is 3. The first-order valence-corrected chi connectivity index (χ1v) is 31.8. The zero-order valence-electron chi connectivity index (χ0n) is 46.7. The van der Waals surface area contributed by atoms with Crippen molar-refractivity contribution in [1.82, 2.24) is 9.55 Å². The van der Waals surface area contributed by atoms with Crippen LogP contribution in [0.1, 0.15) is 79.9 Å². The molecule has 0 spiro atoms. The zero-order chi connectivity index (χ0) is 60.7. The van der Waals surface area contributed by atoms with Crippen molar-refractivity contribution < 1.29 is 83.8 Å². The summed E-state index contributed by atoms with van der Waals surface area (Å²) in [6.45, 7) is 18.6. The minimum absolute atomic E-state index is 0.0314. The second kappa shape index (κ2) is 39.8. The molecule has 1 aliphatic carbocycles. The summed E-state index contributed by atoms with van der Waals surface area (Å²) in [5.74, 6) is 3.33. The molecule has 1 fully saturated rings. The monoisotopic (exact) mass is 1280 g/mol. The third-order valence-electron chi connectivity index (χ3n) is 12.8. The number of aryl methyl sites for hydroxylation is 4. The molecule has 1 saturated carbocycles. The third-order valence-corrected chi connectivity index (χ3v) is 18.8. The fourth-order valence-corrected chi connectivity index (χ4v) is 12.8. The Hall–Kier alpha value is -3.75. The SMILES string of the molecule is C=C(CCCCCOc1ccc(-c2ccc3c(c2)nc(C)n3C)cc1)OO.C=C(Cc1cc(CC(=C)OO)cc(SSc2cc(C)cc(CCC(=O)O)c2)c1)OO.CC1C(S)C(S)C(OCCCSOOO)C(OCCCSOOO)C1S. The fraction of sp³-hybridized carbons (Fsp3) is 0.439. The summed E-state index contributed by atoms with van der Waals surface area (Å²) in [4.78, 5) is 29.9. The predicted molar refractivity (Wildman–Crippen MR) is 337 cm³/mol. The van der Waals surface area contributed by atoms with Gasteiger partial charge in [-0.15, -0.1) is 8.67 Å². The number of carboxylic acids is 1. The summed E-state index contributed by atoms with van der Waals surface area (Å²) in [5.41, 5.74) is 8.28. The van der Waals surface area contributed by atoms with E-state index in [0.717, 1.165) is 109 Å². The van der Waals surface area contributed by atoms with Crippen LogP contribution in [0, 0.1) is 19.8 Å². The van der Waals surface area contributed by atoms with Gasteiger partial charge in [-0.25, -0.2) is 31.3 Å². The van der Waals surface area contributed by atoms with Crippen molar-refractivity contribution in [2.24, 2.45) is 13.0 Å². The van der Waals surface area contributed by atoms with Gasteiger partial charge in [-0.3, -0.25) is 4.79 Å². The molecule has 0 bridgehead atoms. The summed E-state index contributed by atoms with van der Waals surface area (Å²) in [6, 6.07) is 26.4. The van der Waals surface area contributed by atoms with Crippen LogP contribution in [-0.4, -0.2) is 106 Å². The molecule has 83 heavy (non-hydrogen) atoms. The van der Waals surface area contributed by atoms with Crippen molar-refractivity contribution in [1.29, 1.82) is 0 Å². The third kappa shape index (κ3) is 26.0. The quantitative estimate of drug-likeness (QED) is 0.00348. The van der Waals surface area contributed by atoms with Crippen LogP contribution in [0.3, 0.4) is 0 Å². The van der Waals surface area contributed by atoms with Gasteiger partial charge in [-0.05, 0) is 140 Å². The van der Waals surface area contributed by atoms with Crippen molar-refractivity contribution in [3.8, 4) is 16.9 Å². The lowest BCUT2D eigenvalue weighted by atomic mass is 9.84. The smallest absolute Gasteiger partial charge is 0.303 e. The van der Waals surface area contributed by atoms with Gasteiger partial charge >= 0.3 is 5.97 Å². The molecule has 0 radical (unpaired) electrons. The lowest BCUT2D eigenvalue weighted by Gasteiger charge is -2.46. The normalized spacial score (nSPS) is 17.4. The number of aliphatic carboxylic acids is 1. The largest absolute Gasteiger partial charge is 0.494 e. The van der Waals surface area contributed by atoms with E-state index in [2.05, 4.69) is 119 Å². The van der Waals surface area contributed by atoms with Crippen molar-refractivity contribution >= 4 is 101 Å². The summed E-state index contributed by atoms with van der Waals surface area (Å²) < 4.78 is 28.6. The number of carbonyl (C=O) groups is 1. The van der Waals surface area contributed by atoms with E-state index < -0.39 is 5.97 Å². The number of unbranched alkanes of at least 4 members (excludes halogenated alkanes) is 2. The van der Waals surface area contributed by atoms with Crippen molar-refractivity contribution in [2.45, 2.75) is 123 Å². The number of aromatic nitrogens is 2. The molecule has 1 aromatic heterocycles. The second-order valence-corrected chi connectivity index (χ2v) is 24.8. The highest BCUT2D eigenvalue weighted by Crippen LogP contribution is 2.41. The number of fused-ring (bicyclic) bond motifs is 1. The van der Waals surface area contributed by atoms with E-state index in [1.54, 1.807) is 21.6 Å². The van der Waals surface area contributed by atoms with Gasteiger partial charge in [0.1, 0.15) is 28.9 Å². The number of imidazole rings is 1. The van der Waals surface area contributed by atoms with Gasteiger partial charge in [0, 0.05) is 107 Å². The molecule has 4 aromatic carbocycles. The average molecular weight is 1290 g/mol. The van der Waals surface area contributed by atoms with Crippen LogP contribution in [0.2, 0.25) is 0 Å². The standard InChI is InChI=1S/C22H26N2O3.C22H24O6S2.C13H26O8S5/c1-16(27-25)7-5-4-6-14-26-20-11-8-18(9-12-20)19-10-13-22-21(15-19)23-17(2)24(22)3;1-14-6-17(4-5-22(23)24)11-20(7-14)29-30-21-12-18(8-15(2)27-25)10-19(13-21)9-16(3)28-26;1-8-11(22)9(16-4-2-6-25-20-18-14)10(13(24)12(8)23)17-5-3-7-26-21-19-15/h8-13,15,25H,1,4-7,14H2,2-3H3;6-7,10-13,25-26H,2-5,8-9H2,1H3,(H,23,24);8-15,22-24H,2-7H2,1H3. The number of hydrogen-bond acceptors (Lipinski definition) is 24. The minimum atomic E-state index is -0.814. The molecule has 0 aliphatic heterocycles. The number of hydrogen-bond donors (Lipinski definition) is 9. The molecule has 6 N–H and O–H groups in total. The van der Waals surface area contributed by atoms with Crippen molar-refractivity contribution in [3.05, 3.63) is 144 Å². The molecule has 6 unspecified atom stereocenters. The predicted octanol–water partition coefficient (Wildman–Crippen LogP) is 14.6. The molecule has 5 aromatic rings. The Labute approximate surface area is 518 Å². The maximum Gasteiger partial charge on any atom is 0.303 e. The van der Waals surface area contributed by atoms with Crippen LogP contribution in [0.15, 0.2) is 126 Å². The Morgan fingerprint density at radius 3 is 1.75 bits per heavy atom. The molecule has 0 amide bonds. The highest BCUT2D eigenvalue weighted by molar-refractivity contribution is 8.76. The second-order valence-electron chi connectivity index (χ2n) is 19.2. The molecular formula is C57H76N2O17S7. The lowest BCUT2D eigenvalue weighted by molar-refractivity contribution is -0.432. The van der Waals surface area contributed by atoms with Crippen LogP contribution in [0.5, 0.6) is 5.75 Å². The number of allylic oxidation sites excluding steroid dienone is 3. The van der Waals surface area contributed by atoms with E-state index in [1.165, 1.54) is 0 Å². The first-order valence-electron chi connectivity index (χ1n) is 26.3. The Balaban J connectivity index is 0.000000268. The number of carboxylic acid groups (broad SMARTS) is 1. The molecule has 1 aliphatic rings. The molecular weight excluding hydrogens is 1210 g/mol. The highest BCUT2D eigenvalue weighted by Gasteiger charge is 2.46. The molecule has 6 rings (SSSR count). The van der Waals surface area contributed by atoms with E-state index in [1.807, 2.05) is 63.4 Å². The molecule has 26 heteroatoms. The van der Waals surface area contributed by atoms with Gasteiger partial charge in [0.15, 0.2) is 0 Å².